The van der Waals surface area contributed by atoms with E-state index in [0.717, 1.165) is 18.9 Å². The van der Waals surface area contributed by atoms with Gasteiger partial charge in [0.2, 0.25) is 5.95 Å². The molecule has 124 valence electrons. The second kappa shape index (κ2) is 4.98. The van der Waals surface area contributed by atoms with Crippen LogP contribution in [0.5, 0.6) is 0 Å². The lowest BCUT2D eigenvalue weighted by atomic mass is 10.1. The number of fused-ring (bicyclic) bond motifs is 1. The Kier molecular flexibility index (Phi) is 3.44. The van der Waals surface area contributed by atoms with Crippen molar-refractivity contribution in [3.8, 4) is 0 Å². The van der Waals surface area contributed by atoms with Crippen molar-refractivity contribution in [2.45, 2.75) is 25.1 Å². The minimum Gasteiger partial charge on any atom is -0.348 e. The van der Waals surface area contributed by atoms with E-state index in [1.165, 1.54) is 0 Å². The number of anilines is 1. The Balaban J connectivity index is 2.45. The summed E-state index contributed by atoms with van der Waals surface area (Å²) in [6, 6.07) is 0.764. The molecule has 0 radical (unpaired) electrons. The molecule has 1 aromatic carbocycles. The van der Waals surface area contributed by atoms with Gasteiger partial charge in [-0.2, -0.15) is 13.2 Å². The first-order valence-electron chi connectivity index (χ1n) is 6.76. The number of imidazole rings is 1. The highest BCUT2D eigenvalue weighted by Crippen LogP contribution is 2.48. The van der Waals surface area contributed by atoms with Crippen LogP contribution in [0.25, 0.3) is 11.0 Å². The first kappa shape index (κ1) is 15.9. The number of hydrogen-bond donors (Lipinski definition) is 0. The summed E-state index contributed by atoms with van der Waals surface area (Å²) < 4.78 is 40.9. The number of nitrogens with zero attached hydrogens (tertiary/aromatic N) is 4. The van der Waals surface area contributed by atoms with Crippen molar-refractivity contribution in [1.29, 1.82) is 0 Å². The van der Waals surface area contributed by atoms with Gasteiger partial charge in [-0.15, -0.1) is 0 Å². The summed E-state index contributed by atoms with van der Waals surface area (Å²) >= 11 is 5.74. The van der Waals surface area contributed by atoms with Crippen molar-refractivity contribution < 1.29 is 18.1 Å². The van der Waals surface area contributed by atoms with Crippen LogP contribution in [0.15, 0.2) is 6.07 Å². The Bertz CT molecular complexity index is 812. The van der Waals surface area contributed by atoms with Gasteiger partial charge in [0.05, 0.1) is 16.0 Å². The lowest BCUT2D eigenvalue weighted by molar-refractivity contribution is -0.383. The maximum absolute atomic E-state index is 13.1. The summed E-state index contributed by atoms with van der Waals surface area (Å²) in [5.41, 5.74) is -2.03. The molecule has 0 aliphatic heterocycles. The highest BCUT2D eigenvalue weighted by Gasteiger charge is 2.41. The maximum Gasteiger partial charge on any atom is 0.418 e. The van der Waals surface area contributed by atoms with Crippen LogP contribution in [0.4, 0.5) is 24.8 Å². The molecule has 0 spiro atoms. The van der Waals surface area contributed by atoms with Crippen LogP contribution in [-0.4, -0.2) is 28.6 Å². The van der Waals surface area contributed by atoms with E-state index in [4.69, 9.17) is 11.6 Å². The van der Waals surface area contributed by atoms with Gasteiger partial charge in [-0.25, -0.2) is 4.98 Å². The number of halogens is 4. The summed E-state index contributed by atoms with van der Waals surface area (Å²) in [6.07, 6.45) is -3.21. The smallest absolute Gasteiger partial charge is 0.348 e. The van der Waals surface area contributed by atoms with Crippen molar-refractivity contribution in [3.05, 3.63) is 26.8 Å². The molecule has 6 nitrogen and oxygen atoms in total. The van der Waals surface area contributed by atoms with Crippen molar-refractivity contribution in [2.24, 2.45) is 0 Å². The van der Waals surface area contributed by atoms with Gasteiger partial charge in [0, 0.05) is 20.1 Å². The number of nitro benzene ring substituents is 1. The molecule has 1 fully saturated rings. The molecule has 0 amide bonds. The van der Waals surface area contributed by atoms with Gasteiger partial charge in [0.25, 0.3) is 0 Å². The number of alkyl halides is 3. The average Bonchev–Trinajstić information content (AvgIpc) is 3.16. The molecule has 1 aliphatic rings. The summed E-state index contributed by atoms with van der Waals surface area (Å²) in [5, 5.41) is 10.5. The predicted octanol–water partition coefficient (Wildman–Crippen LogP) is 4.02. The zero-order valence-electron chi connectivity index (χ0n) is 12.2. The van der Waals surface area contributed by atoms with Crippen LogP contribution < -0.4 is 4.90 Å². The first-order chi connectivity index (χ1) is 10.6. The number of rotatable bonds is 3. The van der Waals surface area contributed by atoms with Gasteiger partial charge in [0.1, 0.15) is 5.02 Å². The average molecular weight is 349 g/mol. The summed E-state index contributed by atoms with van der Waals surface area (Å²) in [4.78, 5) is 16.3. The van der Waals surface area contributed by atoms with Crippen LogP contribution in [0, 0.1) is 10.1 Å². The molecule has 0 bridgehead atoms. The topological polar surface area (TPSA) is 64.2 Å². The Hall–Kier alpha value is -2.03. The van der Waals surface area contributed by atoms with Gasteiger partial charge in [-0.3, -0.25) is 10.1 Å². The third-order valence-electron chi connectivity index (χ3n) is 3.67. The summed E-state index contributed by atoms with van der Waals surface area (Å²) in [6.45, 7) is 0. The molecule has 2 aromatic rings. The summed E-state index contributed by atoms with van der Waals surface area (Å²) in [7, 11) is 3.36. The Morgan fingerprint density at radius 1 is 1.43 bits per heavy atom. The lowest BCUT2D eigenvalue weighted by Crippen LogP contribution is -2.15. The van der Waals surface area contributed by atoms with Gasteiger partial charge in [-0.1, -0.05) is 11.6 Å². The molecule has 1 aliphatic carbocycles. The third kappa shape index (κ3) is 2.48. The van der Waals surface area contributed by atoms with E-state index in [-0.39, 0.29) is 17.1 Å². The zero-order chi connectivity index (χ0) is 17.1. The largest absolute Gasteiger partial charge is 0.418 e. The van der Waals surface area contributed by atoms with Crippen LogP contribution in [0.2, 0.25) is 5.02 Å². The number of aromatic nitrogens is 2. The predicted molar refractivity (Wildman–Crippen MR) is 79.0 cm³/mol. The zero-order valence-corrected chi connectivity index (χ0v) is 12.9. The molecule has 1 aromatic heterocycles. The van der Waals surface area contributed by atoms with Crippen molar-refractivity contribution >= 4 is 34.3 Å². The fourth-order valence-electron chi connectivity index (χ4n) is 2.57. The van der Waals surface area contributed by atoms with Crippen LogP contribution in [0.1, 0.15) is 24.4 Å². The lowest BCUT2D eigenvalue weighted by Gasteiger charge is -2.14. The van der Waals surface area contributed by atoms with E-state index in [0.29, 0.717) is 5.95 Å². The number of nitro groups is 1. The van der Waals surface area contributed by atoms with Crippen molar-refractivity contribution in [3.63, 3.8) is 0 Å². The van der Waals surface area contributed by atoms with Crippen molar-refractivity contribution in [1.82, 2.24) is 9.55 Å². The fraction of sp³-hybridized carbons (Fsp3) is 0.462. The molecule has 1 saturated carbocycles. The molecule has 3 rings (SSSR count). The Labute approximate surface area is 133 Å². The molecular formula is C13H12ClF3N4O2. The molecule has 10 heteroatoms. The minimum atomic E-state index is -4.79. The van der Waals surface area contributed by atoms with Gasteiger partial charge in [-0.05, 0) is 18.9 Å². The Morgan fingerprint density at radius 3 is 2.48 bits per heavy atom. The van der Waals surface area contributed by atoms with E-state index in [1.54, 1.807) is 23.6 Å². The standard InChI is InChI=1S/C13H12ClF3N4O2/c1-19(2)12-18-8-5-7(13(15,16)17)9(14)11(21(22)23)10(8)20(12)6-3-4-6/h5-6H,3-4H2,1-2H3. The van der Waals surface area contributed by atoms with Gasteiger partial charge in [0.15, 0.2) is 5.52 Å². The fourth-order valence-corrected chi connectivity index (χ4v) is 2.89. The minimum absolute atomic E-state index is 0.0103. The number of hydrogen-bond acceptors (Lipinski definition) is 4. The molecule has 0 atom stereocenters. The Morgan fingerprint density at radius 2 is 2.04 bits per heavy atom. The molecule has 0 unspecified atom stereocenters. The molecular weight excluding hydrogens is 337 g/mol. The van der Waals surface area contributed by atoms with E-state index in [1.807, 2.05) is 0 Å². The molecule has 1 heterocycles. The van der Waals surface area contributed by atoms with E-state index in [2.05, 4.69) is 4.98 Å². The molecule has 0 N–H and O–H groups in total. The van der Waals surface area contributed by atoms with E-state index < -0.39 is 27.4 Å². The van der Waals surface area contributed by atoms with E-state index in [9.17, 15) is 23.3 Å². The second-order valence-electron chi connectivity index (χ2n) is 5.62. The summed E-state index contributed by atoms with van der Waals surface area (Å²) in [5.74, 6) is 0.376. The second-order valence-corrected chi connectivity index (χ2v) is 5.99. The maximum atomic E-state index is 13.1. The quantitative estimate of drug-likeness (QED) is 0.621. The van der Waals surface area contributed by atoms with Crippen LogP contribution in [-0.2, 0) is 6.18 Å². The monoisotopic (exact) mass is 348 g/mol. The molecule has 0 saturated heterocycles. The van der Waals surface area contributed by atoms with Gasteiger partial charge < -0.3 is 9.47 Å². The SMILES string of the molecule is CN(C)c1nc2cc(C(F)(F)F)c(Cl)c([N+](=O)[O-])c2n1C1CC1. The highest BCUT2D eigenvalue weighted by molar-refractivity contribution is 6.35. The third-order valence-corrected chi connectivity index (χ3v) is 4.05. The molecule has 23 heavy (non-hydrogen) atoms. The van der Waals surface area contributed by atoms with Crippen LogP contribution in [0.3, 0.4) is 0 Å². The van der Waals surface area contributed by atoms with Crippen molar-refractivity contribution in [2.75, 3.05) is 19.0 Å². The highest BCUT2D eigenvalue weighted by atomic mass is 35.5. The van der Waals surface area contributed by atoms with Crippen LogP contribution >= 0.6 is 11.6 Å². The van der Waals surface area contributed by atoms with Gasteiger partial charge >= 0.3 is 11.9 Å². The normalized spacial score (nSPS) is 15.2. The first-order valence-corrected chi connectivity index (χ1v) is 7.14. The van der Waals surface area contributed by atoms with E-state index >= 15 is 0 Å². The number of benzene rings is 1.